The fourth-order valence-electron chi connectivity index (χ4n) is 1.46. The lowest BCUT2D eigenvalue weighted by Crippen LogP contribution is -2.13. The highest BCUT2D eigenvalue weighted by molar-refractivity contribution is 7.92. The molecule has 1 aromatic heterocycles. The van der Waals surface area contributed by atoms with Crippen molar-refractivity contribution in [1.82, 2.24) is 4.98 Å². The average molecular weight is 317 g/mol. The Kier molecular flexibility index (Phi) is 3.99. The maximum Gasteiger partial charge on any atom is 0.262 e. The predicted molar refractivity (Wildman–Crippen MR) is 76.2 cm³/mol. The zero-order valence-electron chi connectivity index (χ0n) is 9.89. The zero-order chi connectivity index (χ0) is 14.0. The number of nitrogens with zero attached hydrogens (tertiary/aromatic N) is 1. The molecule has 4 nitrogen and oxygen atoms in total. The number of halogens is 2. The lowest BCUT2D eigenvalue weighted by molar-refractivity contribution is 0.601. The van der Waals surface area contributed by atoms with E-state index in [-0.39, 0.29) is 10.0 Å². The molecule has 0 aliphatic carbocycles. The highest BCUT2D eigenvalue weighted by atomic mass is 35.5. The van der Waals surface area contributed by atoms with Gasteiger partial charge >= 0.3 is 0 Å². The minimum Gasteiger partial charge on any atom is -0.278 e. The van der Waals surface area contributed by atoms with E-state index in [1.54, 1.807) is 18.2 Å². The summed E-state index contributed by atoms with van der Waals surface area (Å²) in [6.07, 6.45) is 1.33. The Morgan fingerprint density at radius 2 is 1.89 bits per heavy atom. The van der Waals surface area contributed by atoms with Crippen molar-refractivity contribution in [3.63, 3.8) is 0 Å². The average Bonchev–Trinajstić information content (AvgIpc) is 2.33. The molecule has 0 aliphatic rings. The Bertz CT molecular complexity index is 717. The molecule has 1 N–H and O–H groups in total. The van der Waals surface area contributed by atoms with Crippen LogP contribution < -0.4 is 4.72 Å². The van der Waals surface area contributed by atoms with Crippen LogP contribution in [0, 0.1) is 6.92 Å². The molecule has 2 rings (SSSR count). The van der Waals surface area contributed by atoms with E-state index in [1.807, 2.05) is 6.92 Å². The number of nitrogens with one attached hydrogen (secondary N) is 1. The van der Waals surface area contributed by atoms with Gasteiger partial charge in [-0.05, 0) is 36.8 Å². The third-order valence-corrected chi connectivity index (χ3v) is 4.26. The van der Waals surface area contributed by atoms with Crippen molar-refractivity contribution in [3.8, 4) is 0 Å². The van der Waals surface area contributed by atoms with E-state index < -0.39 is 10.0 Å². The standard InChI is InChI=1S/C12H10Cl2N2O2S/c1-8-2-3-11(10(13)6-8)16-19(17,18)9-4-5-15-12(14)7-9/h2-7,16H,1H3. The molecule has 2 aromatic rings. The van der Waals surface area contributed by atoms with Crippen molar-refractivity contribution in [2.45, 2.75) is 11.8 Å². The van der Waals surface area contributed by atoms with Crippen LogP contribution in [0.4, 0.5) is 5.69 Å². The molecule has 0 radical (unpaired) electrons. The summed E-state index contributed by atoms with van der Waals surface area (Å²) in [5.74, 6) is 0. The summed E-state index contributed by atoms with van der Waals surface area (Å²) in [5, 5.41) is 0.446. The van der Waals surface area contributed by atoms with Crippen molar-refractivity contribution in [2.75, 3.05) is 4.72 Å². The summed E-state index contributed by atoms with van der Waals surface area (Å²) in [6.45, 7) is 1.87. The molecule has 0 saturated heterocycles. The molecule has 0 spiro atoms. The minimum atomic E-state index is -3.73. The number of sulfonamides is 1. The zero-order valence-corrected chi connectivity index (χ0v) is 12.2. The van der Waals surface area contributed by atoms with Crippen LogP contribution in [0.3, 0.4) is 0 Å². The van der Waals surface area contributed by atoms with Gasteiger partial charge < -0.3 is 0 Å². The van der Waals surface area contributed by atoms with E-state index in [4.69, 9.17) is 23.2 Å². The Balaban J connectivity index is 2.36. The highest BCUT2D eigenvalue weighted by Crippen LogP contribution is 2.25. The van der Waals surface area contributed by atoms with Gasteiger partial charge in [-0.15, -0.1) is 0 Å². The topological polar surface area (TPSA) is 59.1 Å². The molecule has 1 aromatic carbocycles. The summed E-state index contributed by atoms with van der Waals surface area (Å²) >= 11 is 11.7. The molecule has 0 fully saturated rings. The summed E-state index contributed by atoms with van der Waals surface area (Å²) in [4.78, 5) is 3.77. The highest BCUT2D eigenvalue weighted by Gasteiger charge is 2.16. The van der Waals surface area contributed by atoms with Crippen LogP contribution in [-0.2, 0) is 10.0 Å². The van der Waals surface area contributed by atoms with Crippen LogP contribution in [0.1, 0.15) is 5.56 Å². The lowest BCUT2D eigenvalue weighted by Gasteiger charge is -2.10. The van der Waals surface area contributed by atoms with Crippen LogP contribution in [0.25, 0.3) is 0 Å². The van der Waals surface area contributed by atoms with Crippen molar-refractivity contribution >= 4 is 38.9 Å². The van der Waals surface area contributed by atoms with E-state index in [2.05, 4.69) is 9.71 Å². The van der Waals surface area contributed by atoms with Crippen molar-refractivity contribution in [1.29, 1.82) is 0 Å². The van der Waals surface area contributed by atoms with Gasteiger partial charge in [-0.25, -0.2) is 13.4 Å². The number of anilines is 1. The minimum absolute atomic E-state index is 0.0316. The number of rotatable bonds is 3. The third-order valence-electron chi connectivity index (χ3n) is 2.38. The maximum atomic E-state index is 12.1. The predicted octanol–water partition coefficient (Wildman–Crippen LogP) is 3.50. The van der Waals surface area contributed by atoms with Gasteiger partial charge in [0.2, 0.25) is 0 Å². The molecule has 0 amide bonds. The van der Waals surface area contributed by atoms with Gasteiger partial charge in [-0.1, -0.05) is 29.3 Å². The summed E-state index contributed by atoms with van der Waals surface area (Å²) in [5.41, 5.74) is 1.26. The second-order valence-electron chi connectivity index (χ2n) is 3.90. The van der Waals surface area contributed by atoms with Gasteiger partial charge in [0.05, 0.1) is 15.6 Å². The molecule has 0 unspecified atom stereocenters. The first-order valence-corrected chi connectivity index (χ1v) is 7.53. The molecule has 19 heavy (non-hydrogen) atoms. The Hall–Kier alpha value is -1.30. The van der Waals surface area contributed by atoms with E-state index in [0.717, 1.165) is 5.56 Å². The van der Waals surface area contributed by atoms with Gasteiger partial charge in [0.15, 0.2) is 0 Å². The van der Waals surface area contributed by atoms with Crippen LogP contribution in [0.15, 0.2) is 41.4 Å². The summed E-state index contributed by atoms with van der Waals surface area (Å²) in [7, 11) is -3.73. The van der Waals surface area contributed by atoms with Crippen LogP contribution >= 0.6 is 23.2 Å². The SMILES string of the molecule is Cc1ccc(NS(=O)(=O)c2ccnc(Cl)c2)c(Cl)c1. The third kappa shape index (κ3) is 3.37. The first-order valence-electron chi connectivity index (χ1n) is 5.29. The maximum absolute atomic E-state index is 12.1. The van der Waals surface area contributed by atoms with E-state index in [1.165, 1.54) is 18.3 Å². The second-order valence-corrected chi connectivity index (χ2v) is 6.38. The molecule has 100 valence electrons. The number of aromatic nitrogens is 1. The largest absolute Gasteiger partial charge is 0.278 e. The number of benzene rings is 1. The van der Waals surface area contributed by atoms with Gasteiger partial charge in [0.1, 0.15) is 5.15 Å². The number of pyridine rings is 1. The van der Waals surface area contributed by atoms with Crippen molar-refractivity contribution in [3.05, 3.63) is 52.3 Å². The first kappa shape index (κ1) is 14.1. The van der Waals surface area contributed by atoms with Gasteiger partial charge in [0, 0.05) is 6.20 Å². The Labute approximate surface area is 121 Å². The molecule has 1 heterocycles. The smallest absolute Gasteiger partial charge is 0.262 e. The Morgan fingerprint density at radius 3 is 2.53 bits per heavy atom. The van der Waals surface area contributed by atoms with Gasteiger partial charge in [-0.2, -0.15) is 0 Å². The molecular weight excluding hydrogens is 307 g/mol. The molecular formula is C12H10Cl2N2O2S. The Morgan fingerprint density at radius 1 is 1.16 bits per heavy atom. The fourth-order valence-corrected chi connectivity index (χ4v) is 3.13. The fraction of sp³-hybridized carbons (Fsp3) is 0.0833. The second kappa shape index (κ2) is 5.36. The molecule has 0 atom stereocenters. The quantitative estimate of drug-likeness (QED) is 0.882. The normalized spacial score (nSPS) is 11.3. The lowest BCUT2D eigenvalue weighted by atomic mass is 10.2. The molecule has 0 bridgehead atoms. The molecule has 0 aliphatic heterocycles. The van der Waals surface area contributed by atoms with Gasteiger partial charge in [0.25, 0.3) is 10.0 Å². The summed E-state index contributed by atoms with van der Waals surface area (Å²) < 4.78 is 26.7. The molecule has 7 heteroatoms. The van der Waals surface area contributed by atoms with Crippen molar-refractivity contribution in [2.24, 2.45) is 0 Å². The number of hydrogen-bond donors (Lipinski definition) is 1. The van der Waals surface area contributed by atoms with Gasteiger partial charge in [-0.3, -0.25) is 4.72 Å². The monoisotopic (exact) mass is 316 g/mol. The van der Waals surface area contributed by atoms with E-state index in [9.17, 15) is 8.42 Å². The number of hydrogen-bond acceptors (Lipinski definition) is 3. The first-order chi connectivity index (χ1) is 8.88. The molecule has 0 saturated carbocycles. The van der Waals surface area contributed by atoms with Crippen LogP contribution in [0.5, 0.6) is 0 Å². The van der Waals surface area contributed by atoms with E-state index >= 15 is 0 Å². The van der Waals surface area contributed by atoms with Crippen molar-refractivity contribution < 1.29 is 8.42 Å². The van der Waals surface area contributed by atoms with Crippen LogP contribution in [0.2, 0.25) is 10.2 Å². The van der Waals surface area contributed by atoms with Crippen LogP contribution in [-0.4, -0.2) is 13.4 Å². The summed E-state index contributed by atoms with van der Waals surface area (Å²) in [6, 6.07) is 7.68. The number of aryl methyl sites for hydroxylation is 1. The van der Waals surface area contributed by atoms with E-state index in [0.29, 0.717) is 10.7 Å².